The third-order valence-electron chi connectivity index (χ3n) is 9.49. The lowest BCUT2D eigenvalue weighted by Crippen LogP contribution is -2.42. The van der Waals surface area contributed by atoms with Crippen LogP contribution in [0.4, 0.5) is 11.4 Å². The van der Waals surface area contributed by atoms with Crippen molar-refractivity contribution < 1.29 is 14.3 Å². The number of carbonyl (C=O) groups excluding carboxylic acids is 2. The fraction of sp³-hybridized carbons (Fsp3) is 0.295. The molecule has 9 nitrogen and oxygen atoms in total. The summed E-state index contributed by atoms with van der Waals surface area (Å²) in [6.07, 6.45) is 4.11. The molecule has 1 aliphatic rings. The van der Waals surface area contributed by atoms with Gasteiger partial charge in [-0.15, -0.1) is 0 Å². The van der Waals surface area contributed by atoms with Crippen molar-refractivity contribution in [3.63, 3.8) is 0 Å². The molecule has 0 saturated carbocycles. The van der Waals surface area contributed by atoms with Gasteiger partial charge in [0.05, 0.1) is 42.2 Å². The SMILES string of the molecule is CC(C)(C)C.COc1ccc(N2CCC(NC=O)CC2)c(NC(=O)c2[nH]c3cc(Cl)ccc3c2-c2c(-c3ccccc3)ncn2C(C)c2ccc(Cl)cc2Cl)c1. The van der Waals surface area contributed by atoms with E-state index >= 15 is 0 Å². The van der Waals surface area contributed by atoms with Crippen LogP contribution in [-0.4, -0.2) is 53.1 Å². The molecule has 3 N–H and O–H groups in total. The first kappa shape index (κ1) is 40.7. The van der Waals surface area contributed by atoms with Crippen molar-refractivity contribution in [1.29, 1.82) is 0 Å². The second-order valence-corrected chi connectivity index (χ2v) is 16.8. The molecule has 2 amide bonds. The molecule has 56 heavy (non-hydrogen) atoms. The summed E-state index contributed by atoms with van der Waals surface area (Å²) < 4.78 is 7.61. The number of halogens is 3. The van der Waals surface area contributed by atoms with Gasteiger partial charge in [-0.1, -0.05) is 105 Å². The Morgan fingerprint density at radius 2 is 1.62 bits per heavy atom. The quantitative estimate of drug-likeness (QED) is 0.120. The van der Waals surface area contributed by atoms with E-state index in [4.69, 9.17) is 44.5 Å². The Kier molecular flexibility index (Phi) is 12.7. The lowest BCUT2D eigenvalue weighted by Gasteiger charge is -2.34. The van der Waals surface area contributed by atoms with Gasteiger partial charge in [0.15, 0.2) is 0 Å². The summed E-state index contributed by atoms with van der Waals surface area (Å²) in [6.45, 7) is 12.2. The molecule has 3 heterocycles. The number of fused-ring (bicyclic) bond motifs is 1. The molecular weight excluding hydrogens is 767 g/mol. The van der Waals surface area contributed by atoms with E-state index in [0.717, 1.165) is 47.1 Å². The van der Waals surface area contributed by atoms with Gasteiger partial charge >= 0.3 is 0 Å². The average Bonchev–Trinajstić information content (AvgIpc) is 3.76. The lowest BCUT2D eigenvalue weighted by molar-refractivity contribution is -0.110. The fourth-order valence-electron chi connectivity index (χ4n) is 6.87. The van der Waals surface area contributed by atoms with Crippen molar-refractivity contribution in [2.45, 2.75) is 59.5 Å². The monoisotopic (exact) mass is 812 g/mol. The number of anilines is 2. The molecule has 6 aromatic rings. The van der Waals surface area contributed by atoms with E-state index in [2.05, 4.69) is 48.2 Å². The zero-order valence-electron chi connectivity index (χ0n) is 32.4. The number of ether oxygens (including phenoxy) is 1. The molecule has 0 spiro atoms. The van der Waals surface area contributed by atoms with Crippen LogP contribution in [-0.2, 0) is 4.79 Å². The summed E-state index contributed by atoms with van der Waals surface area (Å²) in [4.78, 5) is 36.3. The zero-order chi connectivity index (χ0) is 40.1. The van der Waals surface area contributed by atoms with Gasteiger partial charge in [0.1, 0.15) is 11.4 Å². The molecular formula is C44H47Cl3N6O3. The number of carbonyl (C=O) groups is 2. The Balaban J connectivity index is 0.00000100. The first-order valence-corrected chi connectivity index (χ1v) is 19.7. The second kappa shape index (κ2) is 17.5. The molecule has 1 unspecified atom stereocenters. The Labute approximate surface area is 343 Å². The number of amides is 2. The highest BCUT2D eigenvalue weighted by Crippen LogP contribution is 2.43. The molecule has 1 saturated heterocycles. The minimum atomic E-state index is -0.353. The molecule has 0 bridgehead atoms. The summed E-state index contributed by atoms with van der Waals surface area (Å²) >= 11 is 19.5. The summed E-state index contributed by atoms with van der Waals surface area (Å²) in [5, 5.41) is 8.49. The normalized spacial score (nSPS) is 13.8. The van der Waals surface area contributed by atoms with Crippen molar-refractivity contribution in [2.24, 2.45) is 5.41 Å². The van der Waals surface area contributed by atoms with Gasteiger partial charge in [-0.25, -0.2) is 4.98 Å². The van der Waals surface area contributed by atoms with Crippen LogP contribution in [0.5, 0.6) is 5.75 Å². The maximum Gasteiger partial charge on any atom is 0.272 e. The van der Waals surface area contributed by atoms with Crippen LogP contribution in [0, 0.1) is 5.41 Å². The van der Waals surface area contributed by atoms with Crippen LogP contribution in [0.3, 0.4) is 0 Å². The van der Waals surface area contributed by atoms with Crippen LogP contribution in [0.1, 0.15) is 69.6 Å². The van der Waals surface area contributed by atoms with Gasteiger partial charge in [0, 0.05) is 62.3 Å². The van der Waals surface area contributed by atoms with E-state index in [0.29, 0.717) is 67.5 Å². The molecule has 7 rings (SSSR count). The maximum absolute atomic E-state index is 14.7. The molecule has 0 aliphatic carbocycles. The standard InChI is InChI=1S/C39H35Cl3N6O3.C5H12/c1-23(29-11-8-25(40)18-31(29)42)48-21-43-36(24-6-4-3-5-7-24)38(48)35-30-12-9-26(41)19-32(30)45-37(35)39(50)46-33-20-28(51-2)10-13-34(33)47-16-14-27(15-17-47)44-22-49;1-5(2,3)4/h3-13,18-23,27,45H,14-17H2,1-2H3,(H,44,49)(H,46,50);1-4H3. The number of piperidine rings is 1. The maximum atomic E-state index is 14.7. The largest absolute Gasteiger partial charge is 0.497 e. The molecule has 1 fully saturated rings. The second-order valence-electron chi connectivity index (χ2n) is 15.5. The van der Waals surface area contributed by atoms with E-state index in [9.17, 15) is 9.59 Å². The molecule has 12 heteroatoms. The number of H-pyrrole nitrogens is 1. The number of hydrogen-bond acceptors (Lipinski definition) is 5. The number of aromatic nitrogens is 3. The Morgan fingerprint density at radius 1 is 0.946 bits per heavy atom. The Morgan fingerprint density at radius 3 is 2.29 bits per heavy atom. The minimum Gasteiger partial charge on any atom is -0.497 e. The van der Waals surface area contributed by atoms with Crippen molar-refractivity contribution in [3.8, 4) is 28.3 Å². The van der Waals surface area contributed by atoms with Gasteiger partial charge < -0.3 is 29.8 Å². The number of benzene rings is 4. The third-order valence-corrected chi connectivity index (χ3v) is 10.3. The number of aromatic amines is 1. The number of nitrogens with zero attached hydrogens (tertiary/aromatic N) is 3. The van der Waals surface area contributed by atoms with Crippen LogP contribution < -0.4 is 20.3 Å². The van der Waals surface area contributed by atoms with E-state index < -0.39 is 0 Å². The van der Waals surface area contributed by atoms with E-state index in [1.807, 2.05) is 90.4 Å². The average molecular weight is 814 g/mol. The zero-order valence-corrected chi connectivity index (χ0v) is 34.7. The minimum absolute atomic E-state index is 0.115. The highest BCUT2D eigenvalue weighted by Gasteiger charge is 2.29. The number of nitrogens with one attached hydrogen (secondary N) is 3. The van der Waals surface area contributed by atoms with Crippen LogP contribution in [0.25, 0.3) is 33.4 Å². The first-order chi connectivity index (χ1) is 26.7. The van der Waals surface area contributed by atoms with Gasteiger partial charge in [-0.3, -0.25) is 9.59 Å². The van der Waals surface area contributed by atoms with Crippen molar-refractivity contribution in [3.05, 3.63) is 118 Å². The summed E-state index contributed by atoms with van der Waals surface area (Å²) in [6, 6.07) is 26.3. The van der Waals surface area contributed by atoms with E-state index in [1.54, 1.807) is 19.5 Å². The lowest BCUT2D eigenvalue weighted by atomic mass is 9.99. The molecule has 1 atom stereocenters. The molecule has 292 valence electrons. The van der Waals surface area contributed by atoms with Gasteiger partial charge in [-0.05, 0) is 67.1 Å². The van der Waals surface area contributed by atoms with Crippen molar-refractivity contribution in [2.75, 3.05) is 30.4 Å². The predicted molar refractivity (Wildman–Crippen MR) is 231 cm³/mol. The first-order valence-electron chi connectivity index (χ1n) is 18.6. The summed E-state index contributed by atoms with van der Waals surface area (Å²) in [5.74, 6) is 0.251. The fourth-order valence-corrected chi connectivity index (χ4v) is 7.61. The molecule has 2 aromatic heterocycles. The Hall–Kier alpha value is -4.96. The highest BCUT2D eigenvalue weighted by atomic mass is 35.5. The number of imidazole rings is 1. The molecule has 0 radical (unpaired) electrons. The van der Waals surface area contributed by atoms with Crippen LogP contribution in [0.15, 0.2) is 91.3 Å². The van der Waals surface area contributed by atoms with Gasteiger partial charge in [-0.2, -0.15) is 0 Å². The van der Waals surface area contributed by atoms with Crippen molar-refractivity contribution in [1.82, 2.24) is 19.9 Å². The third kappa shape index (κ3) is 9.35. The van der Waals surface area contributed by atoms with Crippen molar-refractivity contribution >= 4 is 69.4 Å². The van der Waals surface area contributed by atoms with E-state index in [1.165, 1.54) is 0 Å². The van der Waals surface area contributed by atoms with Gasteiger partial charge in [0.25, 0.3) is 5.91 Å². The number of hydrogen-bond donors (Lipinski definition) is 3. The number of rotatable bonds is 10. The molecule has 4 aromatic carbocycles. The number of methoxy groups -OCH3 is 1. The van der Waals surface area contributed by atoms with Crippen LogP contribution in [0.2, 0.25) is 15.1 Å². The Bertz CT molecular complexity index is 2320. The van der Waals surface area contributed by atoms with Crippen LogP contribution >= 0.6 is 34.8 Å². The van der Waals surface area contributed by atoms with E-state index in [-0.39, 0.29) is 18.0 Å². The molecule has 1 aliphatic heterocycles. The topological polar surface area (TPSA) is 104 Å². The smallest absolute Gasteiger partial charge is 0.272 e. The van der Waals surface area contributed by atoms with Gasteiger partial charge in [0.2, 0.25) is 6.41 Å². The highest BCUT2D eigenvalue weighted by molar-refractivity contribution is 6.35. The summed E-state index contributed by atoms with van der Waals surface area (Å²) in [5.41, 5.74) is 6.82. The summed E-state index contributed by atoms with van der Waals surface area (Å²) in [7, 11) is 1.59. The predicted octanol–water partition coefficient (Wildman–Crippen LogP) is 11.3.